The van der Waals surface area contributed by atoms with Crippen LogP contribution in [0, 0.1) is 6.42 Å². The number of nitrogen functional groups attached to an aromatic ring is 1. The molecule has 0 bridgehead atoms. The van der Waals surface area contributed by atoms with E-state index in [1.165, 1.54) is 30.7 Å². The van der Waals surface area contributed by atoms with Crippen LogP contribution in [0.4, 0.5) is 5.69 Å². The van der Waals surface area contributed by atoms with Crippen molar-refractivity contribution < 1.29 is 17.8 Å². The van der Waals surface area contributed by atoms with Gasteiger partial charge in [0.05, 0.1) is 11.3 Å². The van der Waals surface area contributed by atoms with Gasteiger partial charge in [-0.3, -0.25) is 9.35 Å². The first-order chi connectivity index (χ1) is 9.36. The molecular weight excluding hydrogens is 278 g/mol. The highest BCUT2D eigenvalue weighted by molar-refractivity contribution is 7.85. The Morgan fingerprint density at radius 3 is 2.05 bits per heavy atom. The van der Waals surface area contributed by atoms with Gasteiger partial charge >= 0.3 is 0 Å². The molecule has 2 aromatic carbocycles. The Morgan fingerprint density at radius 1 is 1.00 bits per heavy atom. The van der Waals surface area contributed by atoms with Crippen LogP contribution < -0.4 is 5.73 Å². The van der Waals surface area contributed by atoms with Crippen LogP contribution in [0.25, 0.3) is 0 Å². The van der Waals surface area contributed by atoms with Crippen molar-refractivity contribution in [2.24, 2.45) is 0 Å². The van der Waals surface area contributed by atoms with Gasteiger partial charge in [-0.1, -0.05) is 12.1 Å². The van der Waals surface area contributed by atoms with E-state index in [4.69, 9.17) is 10.3 Å². The molecule has 6 heteroatoms. The van der Waals surface area contributed by atoms with E-state index in [-0.39, 0.29) is 10.7 Å². The molecule has 0 fully saturated rings. The van der Waals surface area contributed by atoms with Crippen LogP contribution in [0.5, 0.6) is 0 Å². The number of carbonyl (C=O) groups excluding carboxylic acids is 1. The zero-order valence-corrected chi connectivity index (χ0v) is 11.2. The first-order valence-corrected chi connectivity index (χ1v) is 7.12. The molecule has 103 valence electrons. The van der Waals surface area contributed by atoms with Gasteiger partial charge in [-0.05, 0) is 42.0 Å². The molecule has 0 heterocycles. The molecule has 0 aliphatic heterocycles. The third kappa shape index (κ3) is 3.43. The Hall–Kier alpha value is -2.18. The molecule has 5 nitrogen and oxygen atoms in total. The maximum Gasteiger partial charge on any atom is 0.294 e. The maximum absolute atomic E-state index is 11.9. The van der Waals surface area contributed by atoms with Crippen molar-refractivity contribution in [2.45, 2.75) is 4.90 Å². The Morgan fingerprint density at radius 2 is 1.55 bits per heavy atom. The van der Waals surface area contributed by atoms with Crippen LogP contribution >= 0.6 is 0 Å². The van der Waals surface area contributed by atoms with E-state index in [2.05, 4.69) is 0 Å². The summed E-state index contributed by atoms with van der Waals surface area (Å²) >= 11 is 0. The lowest BCUT2D eigenvalue weighted by molar-refractivity contribution is 0.103. The first kappa shape index (κ1) is 14.2. The van der Waals surface area contributed by atoms with Gasteiger partial charge in [-0.2, -0.15) is 8.42 Å². The number of carbonyl (C=O) groups is 1. The molecule has 0 aliphatic rings. The monoisotopic (exact) mass is 290 g/mol. The molecule has 0 amide bonds. The SMILES string of the molecule is Nc1ccc(C(=O)[CH]c2ccc(S(=O)(=O)O)cc2)cc1. The molecule has 0 saturated carbocycles. The van der Waals surface area contributed by atoms with Gasteiger partial charge < -0.3 is 5.73 Å². The summed E-state index contributed by atoms with van der Waals surface area (Å²) in [6.07, 6.45) is 1.37. The number of hydrogen-bond donors (Lipinski definition) is 2. The lowest BCUT2D eigenvalue weighted by atomic mass is 10.0. The van der Waals surface area contributed by atoms with Crippen molar-refractivity contribution in [2.75, 3.05) is 5.73 Å². The van der Waals surface area contributed by atoms with Gasteiger partial charge in [0.2, 0.25) is 0 Å². The summed E-state index contributed by atoms with van der Waals surface area (Å²) in [5.74, 6) is -0.218. The molecule has 20 heavy (non-hydrogen) atoms. The standard InChI is InChI=1S/C14H12NO4S/c15-12-5-3-11(4-6-12)14(16)9-10-1-7-13(8-2-10)20(17,18)19/h1-9H,15H2,(H,17,18,19). The first-order valence-electron chi connectivity index (χ1n) is 5.68. The molecular formula is C14H12NO4S. The second-order valence-corrected chi connectivity index (χ2v) is 5.60. The van der Waals surface area contributed by atoms with Gasteiger partial charge in [0.1, 0.15) is 0 Å². The van der Waals surface area contributed by atoms with Crippen molar-refractivity contribution in [3.63, 3.8) is 0 Å². The summed E-state index contributed by atoms with van der Waals surface area (Å²) in [6.45, 7) is 0. The smallest absolute Gasteiger partial charge is 0.294 e. The van der Waals surface area contributed by atoms with Crippen LogP contribution in [0.1, 0.15) is 15.9 Å². The van der Waals surface area contributed by atoms with Gasteiger partial charge in [0.15, 0.2) is 5.78 Å². The minimum absolute atomic E-state index is 0.213. The predicted octanol–water partition coefficient (Wildman–Crippen LogP) is 1.95. The summed E-state index contributed by atoms with van der Waals surface area (Å²) in [5, 5.41) is 0. The zero-order valence-electron chi connectivity index (χ0n) is 10.4. The second kappa shape index (κ2) is 5.44. The second-order valence-electron chi connectivity index (χ2n) is 4.17. The minimum atomic E-state index is -4.22. The Bertz CT molecular complexity index is 719. The summed E-state index contributed by atoms with van der Waals surface area (Å²) in [7, 11) is -4.22. The van der Waals surface area contributed by atoms with E-state index in [1.54, 1.807) is 24.3 Å². The summed E-state index contributed by atoms with van der Waals surface area (Å²) in [6, 6.07) is 11.8. The fourth-order valence-electron chi connectivity index (χ4n) is 1.62. The van der Waals surface area contributed by atoms with E-state index in [0.29, 0.717) is 16.8 Å². The van der Waals surface area contributed by atoms with Gasteiger partial charge in [0.25, 0.3) is 10.1 Å². The number of ketones is 1. The quantitative estimate of drug-likeness (QED) is 0.509. The number of hydrogen-bond acceptors (Lipinski definition) is 4. The van der Waals surface area contributed by atoms with E-state index < -0.39 is 10.1 Å². The summed E-state index contributed by atoms with van der Waals surface area (Å²) < 4.78 is 30.6. The Labute approximate surface area is 116 Å². The van der Waals surface area contributed by atoms with E-state index >= 15 is 0 Å². The van der Waals surface area contributed by atoms with Crippen LogP contribution in [0.2, 0.25) is 0 Å². The summed E-state index contributed by atoms with van der Waals surface area (Å²) in [5.41, 5.74) is 7.13. The number of benzene rings is 2. The van der Waals surface area contributed by atoms with Crippen LogP contribution in [0.15, 0.2) is 53.4 Å². The van der Waals surface area contributed by atoms with Crippen molar-refractivity contribution in [3.8, 4) is 0 Å². The molecule has 0 aromatic heterocycles. The van der Waals surface area contributed by atoms with Crippen LogP contribution in [-0.4, -0.2) is 18.8 Å². The number of rotatable bonds is 4. The lowest BCUT2D eigenvalue weighted by Gasteiger charge is -2.03. The molecule has 0 aliphatic carbocycles. The normalized spacial score (nSPS) is 11.2. The highest BCUT2D eigenvalue weighted by Gasteiger charge is 2.11. The third-order valence-corrected chi connectivity index (χ3v) is 3.54. The minimum Gasteiger partial charge on any atom is -0.399 e. The van der Waals surface area contributed by atoms with Crippen molar-refractivity contribution >= 4 is 21.6 Å². The Kier molecular flexibility index (Phi) is 3.87. The maximum atomic E-state index is 11.9. The van der Waals surface area contributed by atoms with Gasteiger partial charge in [0, 0.05) is 11.3 Å². The highest BCUT2D eigenvalue weighted by atomic mass is 32.2. The van der Waals surface area contributed by atoms with E-state index in [0.717, 1.165) is 0 Å². The molecule has 3 N–H and O–H groups in total. The zero-order chi connectivity index (χ0) is 14.8. The Balaban J connectivity index is 2.14. The van der Waals surface area contributed by atoms with Crippen molar-refractivity contribution in [3.05, 3.63) is 66.1 Å². The lowest BCUT2D eigenvalue weighted by Crippen LogP contribution is -2.02. The molecule has 0 atom stereocenters. The third-order valence-electron chi connectivity index (χ3n) is 2.67. The summed E-state index contributed by atoms with van der Waals surface area (Å²) in [4.78, 5) is 11.7. The van der Waals surface area contributed by atoms with Crippen LogP contribution in [0.3, 0.4) is 0 Å². The van der Waals surface area contributed by atoms with E-state index in [9.17, 15) is 13.2 Å². The topological polar surface area (TPSA) is 97.5 Å². The van der Waals surface area contributed by atoms with Gasteiger partial charge in [-0.15, -0.1) is 0 Å². The van der Waals surface area contributed by atoms with Crippen molar-refractivity contribution in [1.82, 2.24) is 0 Å². The molecule has 2 aromatic rings. The number of anilines is 1. The molecule has 0 spiro atoms. The fraction of sp³-hybridized carbons (Fsp3) is 0. The van der Waals surface area contributed by atoms with E-state index in [1.807, 2.05) is 0 Å². The van der Waals surface area contributed by atoms with Crippen molar-refractivity contribution in [1.29, 1.82) is 0 Å². The molecule has 2 rings (SSSR count). The highest BCUT2D eigenvalue weighted by Crippen LogP contribution is 2.14. The predicted molar refractivity (Wildman–Crippen MR) is 74.8 cm³/mol. The fourth-order valence-corrected chi connectivity index (χ4v) is 2.10. The average Bonchev–Trinajstić information content (AvgIpc) is 2.39. The van der Waals surface area contributed by atoms with Gasteiger partial charge in [-0.25, -0.2) is 0 Å². The number of nitrogens with two attached hydrogens (primary N) is 1. The average molecular weight is 290 g/mol. The molecule has 1 radical (unpaired) electrons. The van der Waals surface area contributed by atoms with Crippen LogP contribution in [-0.2, 0) is 10.1 Å². The number of Topliss-reactive ketones (excluding diaryl/α,β-unsaturated/α-hetero) is 1. The molecule has 0 saturated heterocycles. The largest absolute Gasteiger partial charge is 0.399 e. The molecule has 0 unspecified atom stereocenters.